The molecule has 0 amide bonds. The van der Waals surface area contributed by atoms with Crippen LogP contribution in [-0.2, 0) is 15.8 Å². The number of nitrogen functional groups attached to an aromatic ring is 1. The van der Waals surface area contributed by atoms with Gasteiger partial charge in [-0.25, -0.2) is 13.1 Å². The highest BCUT2D eigenvalue weighted by molar-refractivity contribution is 7.88. The first-order valence-electron chi connectivity index (χ1n) is 6.45. The number of sulfonamides is 1. The van der Waals surface area contributed by atoms with Crippen LogP contribution in [-0.4, -0.2) is 8.42 Å². The third-order valence-corrected chi connectivity index (χ3v) is 4.70. The van der Waals surface area contributed by atoms with Crippen molar-refractivity contribution in [1.82, 2.24) is 4.72 Å². The van der Waals surface area contributed by atoms with Gasteiger partial charge in [0.1, 0.15) is 0 Å². The summed E-state index contributed by atoms with van der Waals surface area (Å²) in [4.78, 5) is 0. The molecule has 1 atom stereocenters. The minimum atomic E-state index is -3.44. The fourth-order valence-electron chi connectivity index (χ4n) is 1.99. The number of anilines is 1. The fourth-order valence-corrected chi connectivity index (χ4v) is 3.58. The largest absolute Gasteiger partial charge is 0.399 e. The molecule has 2 aromatic carbocycles. The number of hydrogen-bond donors (Lipinski definition) is 2. The topological polar surface area (TPSA) is 72.2 Å². The molecule has 1 unspecified atom stereocenters. The first-order chi connectivity index (χ1) is 9.85. The first kappa shape index (κ1) is 15.8. The Morgan fingerprint density at radius 3 is 2.48 bits per heavy atom. The van der Waals surface area contributed by atoms with Gasteiger partial charge in [0, 0.05) is 16.8 Å². The summed E-state index contributed by atoms with van der Waals surface area (Å²) in [5, 5.41) is 0.581. The summed E-state index contributed by atoms with van der Waals surface area (Å²) in [5.74, 6) is -0.0851. The fraction of sp³-hybridized carbons (Fsp3) is 0.200. The monoisotopic (exact) mass is 324 g/mol. The van der Waals surface area contributed by atoms with Crippen LogP contribution >= 0.6 is 11.6 Å². The average molecular weight is 325 g/mol. The highest BCUT2D eigenvalue weighted by Gasteiger charge is 2.16. The predicted molar refractivity (Wildman–Crippen MR) is 86.5 cm³/mol. The van der Waals surface area contributed by atoms with E-state index in [1.54, 1.807) is 49.4 Å². The number of hydrogen-bond acceptors (Lipinski definition) is 3. The molecule has 0 aliphatic rings. The van der Waals surface area contributed by atoms with Crippen molar-refractivity contribution >= 4 is 27.3 Å². The van der Waals surface area contributed by atoms with E-state index < -0.39 is 10.0 Å². The van der Waals surface area contributed by atoms with Gasteiger partial charge in [0.2, 0.25) is 10.0 Å². The van der Waals surface area contributed by atoms with Gasteiger partial charge < -0.3 is 5.73 Å². The second-order valence-electron chi connectivity index (χ2n) is 4.90. The summed E-state index contributed by atoms with van der Waals surface area (Å²) in [5.41, 5.74) is 7.70. The second kappa shape index (κ2) is 6.47. The summed E-state index contributed by atoms with van der Waals surface area (Å²) in [6, 6.07) is 13.6. The Kier molecular flexibility index (Phi) is 4.88. The van der Waals surface area contributed by atoms with Crippen molar-refractivity contribution in [2.45, 2.75) is 18.7 Å². The van der Waals surface area contributed by atoms with E-state index in [4.69, 9.17) is 17.3 Å². The normalized spacial score (nSPS) is 13.0. The molecule has 0 aliphatic carbocycles. The van der Waals surface area contributed by atoms with Crippen molar-refractivity contribution in [3.8, 4) is 0 Å². The van der Waals surface area contributed by atoms with Crippen LogP contribution in [0.2, 0.25) is 5.02 Å². The van der Waals surface area contributed by atoms with Gasteiger partial charge in [-0.15, -0.1) is 0 Å². The molecule has 0 bridgehead atoms. The number of benzene rings is 2. The molecule has 2 rings (SSSR count). The Hall–Kier alpha value is -1.56. The van der Waals surface area contributed by atoms with Crippen LogP contribution < -0.4 is 10.5 Å². The van der Waals surface area contributed by atoms with E-state index in [9.17, 15) is 8.42 Å². The van der Waals surface area contributed by atoms with Crippen LogP contribution in [0.25, 0.3) is 0 Å². The van der Waals surface area contributed by atoms with Crippen molar-refractivity contribution in [3.63, 3.8) is 0 Å². The maximum Gasteiger partial charge on any atom is 0.216 e. The summed E-state index contributed by atoms with van der Waals surface area (Å²) in [7, 11) is -3.44. The van der Waals surface area contributed by atoms with Crippen LogP contribution in [0.15, 0.2) is 48.5 Å². The number of nitrogens with two attached hydrogens (primary N) is 1. The van der Waals surface area contributed by atoms with E-state index in [1.165, 1.54) is 0 Å². The number of halogens is 1. The van der Waals surface area contributed by atoms with Crippen LogP contribution in [0.4, 0.5) is 5.69 Å². The molecule has 0 spiro atoms. The Labute approximate surface area is 130 Å². The maximum atomic E-state index is 12.2. The average Bonchev–Trinajstić information content (AvgIpc) is 2.40. The molecule has 0 aliphatic heterocycles. The van der Waals surface area contributed by atoms with Crippen LogP contribution in [0.3, 0.4) is 0 Å². The first-order valence-corrected chi connectivity index (χ1v) is 8.49. The lowest BCUT2D eigenvalue weighted by molar-refractivity contribution is 0.566. The van der Waals surface area contributed by atoms with Gasteiger partial charge in [-0.05, 0) is 42.3 Å². The van der Waals surface area contributed by atoms with E-state index in [-0.39, 0.29) is 11.8 Å². The third kappa shape index (κ3) is 4.74. The van der Waals surface area contributed by atoms with Crippen molar-refractivity contribution < 1.29 is 8.42 Å². The minimum absolute atomic E-state index is 0.0851. The highest BCUT2D eigenvalue weighted by atomic mass is 35.5. The van der Waals surface area contributed by atoms with E-state index in [0.717, 1.165) is 5.56 Å². The van der Waals surface area contributed by atoms with Crippen molar-refractivity contribution in [3.05, 3.63) is 64.7 Å². The van der Waals surface area contributed by atoms with Crippen LogP contribution in [0, 0.1) is 0 Å². The second-order valence-corrected chi connectivity index (χ2v) is 7.09. The molecular formula is C15H17ClN2O2S. The zero-order valence-corrected chi connectivity index (χ0v) is 13.2. The zero-order valence-electron chi connectivity index (χ0n) is 11.6. The molecule has 0 radical (unpaired) electrons. The van der Waals surface area contributed by atoms with Crippen molar-refractivity contribution in [2.75, 3.05) is 5.73 Å². The molecule has 0 saturated carbocycles. The van der Waals surface area contributed by atoms with E-state index in [2.05, 4.69) is 4.72 Å². The summed E-state index contributed by atoms with van der Waals surface area (Å²) in [6.45, 7) is 1.78. The lowest BCUT2D eigenvalue weighted by Crippen LogP contribution is -2.28. The summed E-state index contributed by atoms with van der Waals surface area (Å²) >= 11 is 5.92. The Morgan fingerprint density at radius 2 is 1.86 bits per heavy atom. The summed E-state index contributed by atoms with van der Waals surface area (Å²) in [6.07, 6.45) is 0. The Morgan fingerprint density at radius 1 is 1.19 bits per heavy atom. The Balaban J connectivity index is 2.08. The molecule has 0 fully saturated rings. The van der Waals surface area contributed by atoms with Gasteiger partial charge >= 0.3 is 0 Å². The van der Waals surface area contributed by atoms with Gasteiger partial charge in [-0.3, -0.25) is 0 Å². The van der Waals surface area contributed by atoms with Crippen molar-refractivity contribution in [2.24, 2.45) is 0 Å². The van der Waals surface area contributed by atoms with Crippen LogP contribution in [0.5, 0.6) is 0 Å². The predicted octanol–water partition coefficient (Wildman–Crippen LogP) is 3.10. The highest BCUT2D eigenvalue weighted by Crippen LogP contribution is 2.19. The third-order valence-electron chi connectivity index (χ3n) is 3.04. The molecule has 0 aromatic heterocycles. The summed E-state index contributed by atoms with van der Waals surface area (Å²) < 4.78 is 27.0. The van der Waals surface area contributed by atoms with Gasteiger partial charge in [0.25, 0.3) is 0 Å². The van der Waals surface area contributed by atoms with Gasteiger partial charge in [-0.2, -0.15) is 0 Å². The number of rotatable bonds is 5. The van der Waals surface area contributed by atoms with Gasteiger partial charge in [0.05, 0.1) is 5.75 Å². The molecule has 0 saturated heterocycles. The smallest absolute Gasteiger partial charge is 0.216 e. The van der Waals surface area contributed by atoms with E-state index in [0.29, 0.717) is 16.3 Å². The minimum Gasteiger partial charge on any atom is -0.399 e. The molecular weight excluding hydrogens is 308 g/mol. The van der Waals surface area contributed by atoms with Gasteiger partial charge in [0.15, 0.2) is 0 Å². The quantitative estimate of drug-likeness (QED) is 0.830. The number of nitrogens with one attached hydrogen (secondary N) is 1. The molecule has 3 N–H and O–H groups in total. The molecule has 112 valence electrons. The van der Waals surface area contributed by atoms with E-state index in [1.807, 2.05) is 6.07 Å². The molecule has 2 aromatic rings. The maximum absolute atomic E-state index is 12.2. The molecule has 0 heterocycles. The van der Waals surface area contributed by atoms with Crippen molar-refractivity contribution in [1.29, 1.82) is 0 Å². The van der Waals surface area contributed by atoms with Crippen LogP contribution in [0.1, 0.15) is 24.1 Å². The lowest BCUT2D eigenvalue weighted by atomic mass is 10.1. The molecule has 4 nitrogen and oxygen atoms in total. The zero-order chi connectivity index (χ0) is 15.5. The molecule has 6 heteroatoms. The van der Waals surface area contributed by atoms with E-state index >= 15 is 0 Å². The Bertz CT molecular complexity index is 715. The SMILES string of the molecule is CC(NS(=O)(=O)Cc1ccc(N)cc1)c1cccc(Cl)c1. The lowest BCUT2D eigenvalue weighted by Gasteiger charge is -2.15. The standard InChI is InChI=1S/C15H17ClN2O2S/c1-11(13-3-2-4-14(16)9-13)18-21(19,20)10-12-5-7-15(17)8-6-12/h2-9,11,18H,10,17H2,1H3. The van der Waals surface area contributed by atoms with Gasteiger partial charge in [-0.1, -0.05) is 35.9 Å². The molecule has 21 heavy (non-hydrogen) atoms.